The highest BCUT2D eigenvalue weighted by Crippen LogP contribution is 2.19. The molecule has 0 heterocycles. The standard InChI is InChI=1S/C25H33FN2O2S/c1-5-19(4)27-25(30)23(6-2)28(15-20-13-11-18(3)12-14-20)24(29)17-31-16-21-9-7-8-10-22(21)26/h7-14,19,23H,5-6,15-17H2,1-4H3,(H,27,30)/t19-,23-/m0/s1. The maximum absolute atomic E-state index is 13.9. The van der Waals surface area contributed by atoms with Crippen LogP contribution in [0.4, 0.5) is 4.39 Å². The molecular weight excluding hydrogens is 411 g/mol. The first-order chi connectivity index (χ1) is 14.8. The van der Waals surface area contributed by atoms with Crippen LogP contribution in [0.2, 0.25) is 0 Å². The molecule has 168 valence electrons. The summed E-state index contributed by atoms with van der Waals surface area (Å²) in [6.45, 7) is 8.27. The van der Waals surface area contributed by atoms with Gasteiger partial charge < -0.3 is 10.2 Å². The van der Waals surface area contributed by atoms with Gasteiger partial charge in [0.25, 0.3) is 0 Å². The van der Waals surface area contributed by atoms with Crippen LogP contribution in [0.25, 0.3) is 0 Å². The van der Waals surface area contributed by atoms with Crippen molar-refractivity contribution in [2.24, 2.45) is 0 Å². The fourth-order valence-corrected chi connectivity index (χ4v) is 4.09. The molecule has 1 N–H and O–H groups in total. The zero-order valence-corrected chi connectivity index (χ0v) is 19.7. The molecule has 0 spiro atoms. The van der Waals surface area contributed by atoms with Crippen LogP contribution in [0.15, 0.2) is 48.5 Å². The van der Waals surface area contributed by atoms with Crippen molar-refractivity contribution in [2.45, 2.75) is 64.9 Å². The van der Waals surface area contributed by atoms with E-state index in [-0.39, 0.29) is 29.4 Å². The Hall–Kier alpha value is -2.34. The van der Waals surface area contributed by atoms with Crippen LogP contribution in [0.1, 0.15) is 50.3 Å². The highest BCUT2D eigenvalue weighted by atomic mass is 32.2. The molecule has 0 aliphatic rings. The number of aryl methyl sites for hydroxylation is 1. The summed E-state index contributed by atoms with van der Waals surface area (Å²) in [6, 6.07) is 14.1. The molecule has 0 unspecified atom stereocenters. The van der Waals surface area contributed by atoms with Crippen LogP contribution in [0.3, 0.4) is 0 Å². The summed E-state index contributed by atoms with van der Waals surface area (Å²) in [6.07, 6.45) is 1.35. The molecule has 0 radical (unpaired) electrons. The van der Waals surface area contributed by atoms with E-state index in [9.17, 15) is 14.0 Å². The summed E-state index contributed by atoms with van der Waals surface area (Å²) in [4.78, 5) is 27.8. The molecule has 0 aliphatic heterocycles. The second kappa shape index (κ2) is 12.5. The number of amides is 2. The van der Waals surface area contributed by atoms with Gasteiger partial charge in [-0.2, -0.15) is 0 Å². The van der Waals surface area contributed by atoms with Gasteiger partial charge in [0.15, 0.2) is 0 Å². The van der Waals surface area contributed by atoms with E-state index in [1.54, 1.807) is 23.1 Å². The molecule has 0 saturated carbocycles. The Labute approximate surface area is 189 Å². The highest BCUT2D eigenvalue weighted by Gasteiger charge is 2.29. The molecule has 31 heavy (non-hydrogen) atoms. The molecule has 0 fully saturated rings. The fourth-order valence-electron chi connectivity index (χ4n) is 3.20. The van der Waals surface area contributed by atoms with Crippen LogP contribution in [0.5, 0.6) is 0 Å². The zero-order chi connectivity index (χ0) is 22.8. The van der Waals surface area contributed by atoms with Crippen LogP contribution in [-0.2, 0) is 21.9 Å². The van der Waals surface area contributed by atoms with Gasteiger partial charge in [-0.05, 0) is 43.9 Å². The molecule has 2 rings (SSSR count). The van der Waals surface area contributed by atoms with Crippen LogP contribution in [0, 0.1) is 12.7 Å². The minimum absolute atomic E-state index is 0.0494. The number of carbonyl (C=O) groups excluding carboxylic acids is 2. The van der Waals surface area contributed by atoms with Crippen molar-refractivity contribution in [1.82, 2.24) is 10.2 Å². The number of halogens is 1. The zero-order valence-electron chi connectivity index (χ0n) is 18.9. The lowest BCUT2D eigenvalue weighted by molar-refractivity contribution is -0.139. The summed E-state index contributed by atoms with van der Waals surface area (Å²) in [5, 5.41) is 3.01. The fraction of sp³-hybridized carbons (Fsp3) is 0.440. The number of nitrogens with zero attached hydrogens (tertiary/aromatic N) is 1. The van der Waals surface area contributed by atoms with Crippen molar-refractivity contribution in [2.75, 3.05) is 5.75 Å². The molecule has 0 aliphatic carbocycles. The first kappa shape index (κ1) is 24.9. The van der Waals surface area contributed by atoms with E-state index in [0.29, 0.717) is 24.3 Å². The Morgan fingerprint density at radius 2 is 1.74 bits per heavy atom. The Kier molecular flexibility index (Phi) is 10.0. The molecular formula is C25H33FN2O2S. The minimum Gasteiger partial charge on any atom is -0.352 e. The number of rotatable bonds is 11. The minimum atomic E-state index is -0.545. The summed E-state index contributed by atoms with van der Waals surface area (Å²) in [7, 11) is 0. The summed E-state index contributed by atoms with van der Waals surface area (Å²) in [5.74, 6) is 0.0859. The van der Waals surface area contributed by atoms with Crippen LogP contribution < -0.4 is 5.32 Å². The smallest absolute Gasteiger partial charge is 0.243 e. The van der Waals surface area contributed by atoms with Gasteiger partial charge in [0.2, 0.25) is 11.8 Å². The second-order valence-corrected chi connectivity index (χ2v) is 8.82. The van der Waals surface area contributed by atoms with E-state index < -0.39 is 6.04 Å². The maximum atomic E-state index is 13.9. The van der Waals surface area contributed by atoms with Gasteiger partial charge in [0.05, 0.1) is 5.75 Å². The first-order valence-corrected chi connectivity index (χ1v) is 12.0. The lowest BCUT2D eigenvalue weighted by atomic mass is 10.1. The number of hydrogen-bond donors (Lipinski definition) is 1. The Bertz CT molecular complexity index is 857. The van der Waals surface area contributed by atoms with Crippen molar-refractivity contribution in [3.63, 3.8) is 0 Å². The largest absolute Gasteiger partial charge is 0.352 e. The van der Waals surface area contributed by atoms with Crippen molar-refractivity contribution in [3.05, 3.63) is 71.0 Å². The van der Waals surface area contributed by atoms with Gasteiger partial charge in [0.1, 0.15) is 11.9 Å². The lowest BCUT2D eigenvalue weighted by Gasteiger charge is -2.31. The van der Waals surface area contributed by atoms with Gasteiger partial charge in [0, 0.05) is 18.3 Å². The van der Waals surface area contributed by atoms with Gasteiger partial charge >= 0.3 is 0 Å². The third-order valence-electron chi connectivity index (χ3n) is 5.30. The molecule has 0 bridgehead atoms. The van der Waals surface area contributed by atoms with Crippen LogP contribution in [-0.4, -0.2) is 34.6 Å². The third kappa shape index (κ3) is 7.69. The normalized spacial score (nSPS) is 12.8. The topological polar surface area (TPSA) is 49.4 Å². The average Bonchev–Trinajstić information content (AvgIpc) is 2.76. The quantitative estimate of drug-likeness (QED) is 0.525. The number of benzene rings is 2. The third-order valence-corrected chi connectivity index (χ3v) is 6.27. The molecule has 6 heteroatoms. The molecule has 0 aromatic heterocycles. The number of hydrogen-bond acceptors (Lipinski definition) is 3. The summed E-state index contributed by atoms with van der Waals surface area (Å²) >= 11 is 1.37. The van der Waals surface area contributed by atoms with E-state index in [2.05, 4.69) is 5.32 Å². The van der Waals surface area contributed by atoms with Crippen LogP contribution >= 0.6 is 11.8 Å². The Balaban J connectivity index is 2.14. The van der Waals surface area contributed by atoms with E-state index in [4.69, 9.17) is 0 Å². The Morgan fingerprint density at radius 3 is 2.35 bits per heavy atom. The number of thioether (sulfide) groups is 1. The molecule has 2 atom stereocenters. The summed E-state index contributed by atoms with van der Waals surface area (Å²) in [5.41, 5.74) is 2.70. The predicted molar refractivity (Wildman–Crippen MR) is 126 cm³/mol. The molecule has 2 amide bonds. The Morgan fingerprint density at radius 1 is 1.06 bits per heavy atom. The van der Waals surface area contributed by atoms with Gasteiger partial charge in [-0.1, -0.05) is 61.9 Å². The average molecular weight is 445 g/mol. The monoisotopic (exact) mass is 444 g/mol. The van der Waals surface area contributed by atoms with E-state index in [1.165, 1.54) is 17.8 Å². The van der Waals surface area contributed by atoms with Gasteiger partial charge in [-0.15, -0.1) is 11.8 Å². The highest BCUT2D eigenvalue weighted by molar-refractivity contribution is 7.99. The first-order valence-electron chi connectivity index (χ1n) is 10.8. The van der Waals surface area contributed by atoms with Crippen molar-refractivity contribution in [3.8, 4) is 0 Å². The van der Waals surface area contributed by atoms with Gasteiger partial charge in [-0.25, -0.2) is 4.39 Å². The SMILES string of the molecule is CC[C@H](C)NC(=O)[C@H](CC)N(Cc1ccc(C)cc1)C(=O)CSCc1ccccc1F. The molecule has 0 saturated heterocycles. The summed E-state index contributed by atoms with van der Waals surface area (Å²) < 4.78 is 13.9. The van der Waals surface area contributed by atoms with E-state index >= 15 is 0 Å². The number of carbonyl (C=O) groups is 2. The van der Waals surface area contributed by atoms with E-state index in [1.807, 2.05) is 52.0 Å². The number of nitrogens with one attached hydrogen (secondary N) is 1. The lowest BCUT2D eigenvalue weighted by Crippen LogP contribution is -2.51. The molecule has 2 aromatic rings. The predicted octanol–water partition coefficient (Wildman–Crippen LogP) is 5.09. The second-order valence-electron chi connectivity index (χ2n) is 7.83. The van der Waals surface area contributed by atoms with Gasteiger partial charge in [-0.3, -0.25) is 9.59 Å². The van der Waals surface area contributed by atoms with Crippen molar-refractivity contribution in [1.29, 1.82) is 0 Å². The molecule has 2 aromatic carbocycles. The van der Waals surface area contributed by atoms with E-state index in [0.717, 1.165) is 17.5 Å². The van der Waals surface area contributed by atoms with Crippen molar-refractivity contribution >= 4 is 23.6 Å². The molecule has 4 nitrogen and oxygen atoms in total. The maximum Gasteiger partial charge on any atom is 0.243 e. The van der Waals surface area contributed by atoms with Crippen molar-refractivity contribution < 1.29 is 14.0 Å².